The molecule has 0 aliphatic heterocycles. The van der Waals surface area contributed by atoms with Gasteiger partial charge in [0.1, 0.15) is 5.03 Å². The minimum absolute atomic E-state index is 0.329. The Kier molecular flexibility index (Phi) is 3.81. The van der Waals surface area contributed by atoms with Crippen molar-refractivity contribution in [2.75, 3.05) is 12.9 Å². The van der Waals surface area contributed by atoms with Gasteiger partial charge in [0, 0.05) is 11.8 Å². The van der Waals surface area contributed by atoms with Gasteiger partial charge < -0.3 is 4.74 Å². The molecule has 1 aromatic heterocycles. The first-order chi connectivity index (χ1) is 6.51. The molecule has 0 aliphatic carbocycles. The lowest BCUT2D eigenvalue weighted by Crippen LogP contribution is -2.08. The van der Waals surface area contributed by atoms with E-state index in [2.05, 4.69) is 25.8 Å². The summed E-state index contributed by atoms with van der Waals surface area (Å²) in [6.07, 6.45) is 0. The second-order valence-electron chi connectivity index (χ2n) is 4.37. The van der Waals surface area contributed by atoms with Crippen molar-refractivity contribution in [2.45, 2.75) is 25.8 Å². The van der Waals surface area contributed by atoms with Gasteiger partial charge in [-0.15, -0.1) is 11.8 Å². The first-order valence-corrected chi connectivity index (χ1v) is 5.64. The van der Waals surface area contributed by atoms with Crippen LogP contribution < -0.4 is 4.74 Å². The van der Waals surface area contributed by atoms with Gasteiger partial charge in [0.25, 0.3) is 0 Å². The summed E-state index contributed by atoms with van der Waals surface area (Å²) in [5, 5.41) is 1.03. The van der Waals surface area contributed by atoms with Crippen LogP contribution in [0.3, 0.4) is 0 Å². The van der Waals surface area contributed by atoms with E-state index in [0.29, 0.717) is 11.3 Å². The number of rotatable bonds is 3. The SMILES string of the molecule is COc1cccc(SCC(C)(C)C)n1. The van der Waals surface area contributed by atoms with Crippen molar-refractivity contribution in [1.29, 1.82) is 0 Å². The Labute approximate surface area is 90.1 Å². The summed E-state index contributed by atoms with van der Waals surface area (Å²) >= 11 is 1.77. The number of ether oxygens (including phenoxy) is 1. The smallest absolute Gasteiger partial charge is 0.213 e. The van der Waals surface area contributed by atoms with Gasteiger partial charge in [-0.3, -0.25) is 0 Å². The van der Waals surface area contributed by atoms with Crippen LogP contribution in [0.25, 0.3) is 0 Å². The van der Waals surface area contributed by atoms with Crippen LogP contribution >= 0.6 is 11.8 Å². The van der Waals surface area contributed by atoms with Gasteiger partial charge >= 0.3 is 0 Å². The fraction of sp³-hybridized carbons (Fsp3) is 0.545. The Hall–Kier alpha value is -0.700. The molecule has 0 aliphatic rings. The van der Waals surface area contributed by atoms with Crippen LogP contribution in [0, 0.1) is 5.41 Å². The maximum atomic E-state index is 5.06. The van der Waals surface area contributed by atoms with Crippen molar-refractivity contribution in [2.24, 2.45) is 5.41 Å². The third-order valence-corrected chi connectivity index (χ3v) is 3.09. The molecule has 0 N–H and O–H groups in total. The van der Waals surface area contributed by atoms with E-state index >= 15 is 0 Å². The molecule has 2 nitrogen and oxygen atoms in total. The molecule has 1 aromatic rings. The summed E-state index contributed by atoms with van der Waals surface area (Å²) in [6, 6.07) is 5.84. The van der Waals surface area contributed by atoms with E-state index in [1.807, 2.05) is 18.2 Å². The standard InChI is InChI=1S/C11H17NOS/c1-11(2,3)8-14-10-7-5-6-9(12-10)13-4/h5-7H,8H2,1-4H3. The molecule has 0 radical (unpaired) electrons. The van der Waals surface area contributed by atoms with Gasteiger partial charge in [-0.05, 0) is 11.5 Å². The van der Waals surface area contributed by atoms with Crippen LogP contribution in [-0.4, -0.2) is 17.8 Å². The van der Waals surface area contributed by atoms with E-state index in [9.17, 15) is 0 Å². The lowest BCUT2D eigenvalue weighted by Gasteiger charge is -2.16. The van der Waals surface area contributed by atoms with Crippen molar-refractivity contribution in [1.82, 2.24) is 4.98 Å². The highest BCUT2D eigenvalue weighted by Crippen LogP contribution is 2.26. The highest BCUT2D eigenvalue weighted by Gasteiger charge is 2.11. The molecule has 0 bridgehead atoms. The third-order valence-electron chi connectivity index (χ3n) is 1.56. The normalized spacial score (nSPS) is 11.4. The summed E-state index contributed by atoms with van der Waals surface area (Å²) in [6.45, 7) is 6.67. The Balaban J connectivity index is 2.59. The monoisotopic (exact) mass is 211 g/mol. The molecule has 0 amide bonds. The number of pyridine rings is 1. The molecule has 0 saturated heterocycles. The minimum Gasteiger partial charge on any atom is -0.481 e. The molecule has 78 valence electrons. The first-order valence-electron chi connectivity index (χ1n) is 4.65. The second kappa shape index (κ2) is 4.69. The Morgan fingerprint density at radius 2 is 2.07 bits per heavy atom. The van der Waals surface area contributed by atoms with Gasteiger partial charge in [0.15, 0.2) is 0 Å². The fourth-order valence-corrected chi connectivity index (χ4v) is 1.79. The summed E-state index contributed by atoms with van der Waals surface area (Å²) in [7, 11) is 1.64. The maximum absolute atomic E-state index is 5.06. The Morgan fingerprint density at radius 1 is 1.36 bits per heavy atom. The molecule has 1 rings (SSSR count). The summed E-state index contributed by atoms with van der Waals surface area (Å²) in [5.41, 5.74) is 0.329. The molecular weight excluding hydrogens is 194 g/mol. The first kappa shape index (κ1) is 11.4. The molecule has 0 fully saturated rings. The predicted octanol–water partition coefficient (Wildman–Crippen LogP) is 3.23. The fourth-order valence-electron chi connectivity index (χ4n) is 0.880. The Morgan fingerprint density at radius 3 is 2.64 bits per heavy atom. The van der Waals surface area contributed by atoms with Crippen molar-refractivity contribution in [3.8, 4) is 5.88 Å². The summed E-state index contributed by atoms with van der Waals surface area (Å²) in [5.74, 6) is 1.75. The molecule has 0 atom stereocenters. The number of methoxy groups -OCH3 is 1. The summed E-state index contributed by atoms with van der Waals surface area (Å²) < 4.78 is 5.06. The largest absolute Gasteiger partial charge is 0.481 e. The molecule has 0 unspecified atom stereocenters. The highest BCUT2D eigenvalue weighted by molar-refractivity contribution is 7.99. The average Bonchev–Trinajstić information content (AvgIpc) is 2.14. The topological polar surface area (TPSA) is 22.1 Å². The van der Waals surface area contributed by atoms with Crippen LogP contribution in [0.15, 0.2) is 23.2 Å². The van der Waals surface area contributed by atoms with E-state index < -0.39 is 0 Å². The lowest BCUT2D eigenvalue weighted by atomic mass is 10.0. The zero-order valence-electron chi connectivity index (χ0n) is 9.20. The van der Waals surface area contributed by atoms with Crippen molar-refractivity contribution >= 4 is 11.8 Å². The molecule has 0 spiro atoms. The molecule has 14 heavy (non-hydrogen) atoms. The van der Waals surface area contributed by atoms with Gasteiger partial charge in [-0.2, -0.15) is 0 Å². The van der Waals surface area contributed by atoms with Crippen molar-refractivity contribution < 1.29 is 4.74 Å². The number of hydrogen-bond acceptors (Lipinski definition) is 3. The van der Waals surface area contributed by atoms with E-state index in [0.717, 1.165) is 10.8 Å². The number of nitrogens with zero attached hydrogens (tertiary/aromatic N) is 1. The molecule has 1 heterocycles. The van der Waals surface area contributed by atoms with Crippen LogP contribution in [0.4, 0.5) is 0 Å². The highest BCUT2D eigenvalue weighted by atomic mass is 32.2. The number of thioether (sulfide) groups is 1. The number of aromatic nitrogens is 1. The molecule has 0 saturated carbocycles. The van der Waals surface area contributed by atoms with Gasteiger partial charge in [0.05, 0.1) is 7.11 Å². The van der Waals surface area contributed by atoms with Gasteiger partial charge in [-0.25, -0.2) is 4.98 Å². The molecular formula is C11H17NOS. The Bertz CT molecular complexity index is 294. The van der Waals surface area contributed by atoms with Crippen LogP contribution in [0.1, 0.15) is 20.8 Å². The van der Waals surface area contributed by atoms with Crippen LogP contribution in [0.5, 0.6) is 5.88 Å². The van der Waals surface area contributed by atoms with E-state index in [1.165, 1.54) is 0 Å². The lowest BCUT2D eigenvalue weighted by molar-refractivity contribution is 0.394. The quantitative estimate of drug-likeness (QED) is 0.717. The zero-order valence-corrected chi connectivity index (χ0v) is 10.0. The average molecular weight is 211 g/mol. The van der Waals surface area contributed by atoms with Crippen molar-refractivity contribution in [3.05, 3.63) is 18.2 Å². The maximum Gasteiger partial charge on any atom is 0.213 e. The minimum atomic E-state index is 0.329. The van der Waals surface area contributed by atoms with Gasteiger partial charge in [0.2, 0.25) is 5.88 Å². The zero-order chi connectivity index (χ0) is 10.6. The van der Waals surface area contributed by atoms with E-state index in [-0.39, 0.29) is 0 Å². The third kappa shape index (κ3) is 4.01. The van der Waals surface area contributed by atoms with E-state index in [1.54, 1.807) is 18.9 Å². The summed E-state index contributed by atoms with van der Waals surface area (Å²) in [4.78, 5) is 4.34. The van der Waals surface area contributed by atoms with Crippen molar-refractivity contribution in [3.63, 3.8) is 0 Å². The van der Waals surface area contributed by atoms with E-state index in [4.69, 9.17) is 4.74 Å². The predicted molar refractivity (Wildman–Crippen MR) is 61.0 cm³/mol. The molecule has 0 aromatic carbocycles. The van der Waals surface area contributed by atoms with Gasteiger partial charge in [-0.1, -0.05) is 26.8 Å². The number of hydrogen-bond donors (Lipinski definition) is 0. The second-order valence-corrected chi connectivity index (χ2v) is 5.36. The van der Waals surface area contributed by atoms with Crippen LogP contribution in [0.2, 0.25) is 0 Å². The van der Waals surface area contributed by atoms with Crippen LogP contribution in [-0.2, 0) is 0 Å². The molecule has 3 heteroatoms.